The Morgan fingerprint density at radius 2 is 1.77 bits per heavy atom. The van der Waals surface area contributed by atoms with Gasteiger partial charge in [-0.05, 0) is 23.3 Å². The Bertz CT molecular complexity index is 708. The van der Waals surface area contributed by atoms with Crippen molar-refractivity contribution in [3.05, 3.63) is 70.7 Å². The lowest BCUT2D eigenvalue weighted by Crippen LogP contribution is -2.33. The molecule has 0 aliphatic heterocycles. The topological polar surface area (TPSA) is 58.2 Å². The molecule has 0 aliphatic carbocycles. The number of carbonyl (C=O) groups is 2. The maximum absolute atomic E-state index is 12.2. The number of nitrogens with one attached hydrogen (secondary N) is 2. The van der Waals surface area contributed by atoms with Gasteiger partial charge in [0, 0.05) is 30.0 Å². The Labute approximate surface area is 163 Å². The number of hydrogen-bond acceptors (Lipinski definition) is 3. The summed E-state index contributed by atoms with van der Waals surface area (Å²) in [4.78, 5) is 23.6. The zero-order valence-electron chi connectivity index (χ0n) is 14.7. The highest BCUT2D eigenvalue weighted by Gasteiger charge is 2.16. The van der Waals surface area contributed by atoms with Crippen molar-refractivity contribution in [1.29, 1.82) is 0 Å². The van der Waals surface area contributed by atoms with E-state index in [1.165, 1.54) is 12.5 Å². The molecule has 2 amide bonds. The van der Waals surface area contributed by atoms with Crippen LogP contribution in [0.3, 0.4) is 0 Å². The molecule has 4 nitrogen and oxygen atoms in total. The van der Waals surface area contributed by atoms with E-state index >= 15 is 0 Å². The normalized spacial score (nSPS) is 11.6. The molecule has 0 saturated heterocycles. The first kappa shape index (κ1) is 20.3. The summed E-state index contributed by atoms with van der Waals surface area (Å²) in [6, 6.07) is 17.0. The van der Waals surface area contributed by atoms with E-state index in [1.54, 1.807) is 11.8 Å². The van der Waals surface area contributed by atoms with Gasteiger partial charge in [-0.1, -0.05) is 54.1 Å². The molecule has 0 radical (unpaired) electrons. The van der Waals surface area contributed by atoms with Crippen LogP contribution < -0.4 is 10.6 Å². The van der Waals surface area contributed by atoms with Crippen LogP contribution >= 0.6 is 23.4 Å². The Hall–Kier alpha value is -1.98. The molecular weight excluding hydrogens is 368 g/mol. The number of rotatable bonds is 9. The maximum atomic E-state index is 12.2. The molecule has 0 aliphatic rings. The molecule has 0 spiro atoms. The van der Waals surface area contributed by atoms with Crippen molar-refractivity contribution in [2.24, 2.45) is 0 Å². The SMILES string of the molecule is CC(=O)N[C@@H](CC(=O)NCCSCc1ccc(Cl)cc1)c1ccccc1. The predicted molar refractivity (Wildman–Crippen MR) is 108 cm³/mol. The van der Waals surface area contributed by atoms with Gasteiger partial charge >= 0.3 is 0 Å². The average Bonchev–Trinajstić information content (AvgIpc) is 2.63. The third-order valence-electron chi connectivity index (χ3n) is 3.72. The molecule has 0 unspecified atom stereocenters. The summed E-state index contributed by atoms with van der Waals surface area (Å²) in [7, 11) is 0. The molecule has 0 bridgehead atoms. The molecule has 0 heterocycles. The van der Waals surface area contributed by atoms with Crippen molar-refractivity contribution in [1.82, 2.24) is 10.6 Å². The molecule has 26 heavy (non-hydrogen) atoms. The highest BCUT2D eigenvalue weighted by atomic mass is 35.5. The van der Waals surface area contributed by atoms with Gasteiger partial charge in [0.15, 0.2) is 0 Å². The highest BCUT2D eigenvalue weighted by Crippen LogP contribution is 2.17. The van der Waals surface area contributed by atoms with Crippen LogP contribution in [0.4, 0.5) is 0 Å². The van der Waals surface area contributed by atoms with Crippen LogP contribution in [-0.2, 0) is 15.3 Å². The fraction of sp³-hybridized carbons (Fsp3) is 0.300. The summed E-state index contributed by atoms with van der Waals surface area (Å²) >= 11 is 7.62. The number of thioether (sulfide) groups is 1. The minimum atomic E-state index is -0.310. The monoisotopic (exact) mass is 390 g/mol. The van der Waals surface area contributed by atoms with E-state index in [1.807, 2.05) is 54.6 Å². The Morgan fingerprint density at radius 1 is 1.08 bits per heavy atom. The molecule has 2 N–H and O–H groups in total. The van der Waals surface area contributed by atoms with Gasteiger partial charge in [0.05, 0.1) is 12.5 Å². The fourth-order valence-corrected chi connectivity index (χ4v) is 3.42. The first-order valence-corrected chi connectivity index (χ1v) is 9.99. The molecule has 6 heteroatoms. The fourth-order valence-electron chi connectivity index (χ4n) is 2.47. The van der Waals surface area contributed by atoms with Crippen molar-refractivity contribution in [3.63, 3.8) is 0 Å². The van der Waals surface area contributed by atoms with Crippen LogP contribution in [0.15, 0.2) is 54.6 Å². The summed E-state index contributed by atoms with van der Waals surface area (Å²) in [6.07, 6.45) is 0.228. The van der Waals surface area contributed by atoms with Crippen LogP contribution in [0, 0.1) is 0 Å². The van der Waals surface area contributed by atoms with E-state index in [0.29, 0.717) is 6.54 Å². The van der Waals surface area contributed by atoms with Crippen LogP contribution in [0.25, 0.3) is 0 Å². The van der Waals surface area contributed by atoms with Gasteiger partial charge in [0.2, 0.25) is 11.8 Å². The molecule has 2 aromatic rings. The van der Waals surface area contributed by atoms with E-state index in [9.17, 15) is 9.59 Å². The lowest BCUT2D eigenvalue weighted by molar-refractivity contribution is -0.122. The Kier molecular flexibility index (Phi) is 8.51. The van der Waals surface area contributed by atoms with Gasteiger partial charge in [-0.15, -0.1) is 0 Å². The van der Waals surface area contributed by atoms with E-state index in [0.717, 1.165) is 22.1 Å². The third kappa shape index (κ3) is 7.50. The van der Waals surface area contributed by atoms with Crippen molar-refractivity contribution in [2.45, 2.75) is 25.1 Å². The van der Waals surface area contributed by atoms with Crippen LogP contribution in [0.5, 0.6) is 0 Å². The first-order chi connectivity index (χ1) is 12.5. The number of benzene rings is 2. The van der Waals surface area contributed by atoms with E-state index < -0.39 is 0 Å². The quantitative estimate of drug-likeness (QED) is 0.637. The van der Waals surface area contributed by atoms with Gasteiger partial charge in [0.25, 0.3) is 0 Å². The molecule has 0 fully saturated rings. The van der Waals surface area contributed by atoms with Gasteiger partial charge in [-0.2, -0.15) is 11.8 Å². The number of halogens is 1. The molecule has 2 rings (SSSR count). The van der Waals surface area contributed by atoms with Gasteiger partial charge in [0.1, 0.15) is 0 Å². The van der Waals surface area contributed by atoms with Crippen molar-refractivity contribution in [3.8, 4) is 0 Å². The molecule has 0 aromatic heterocycles. The summed E-state index contributed by atoms with van der Waals surface area (Å²) < 4.78 is 0. The van der Waals surface area contributed by atoms with Gasteiger partial charge < -0.3 is 10.6 Å². The largest absolute Gasteiger partial charge is 0.355 e. The smallest absolute Gasteiger partial charge is 0.222 e. The van der Waals surface area contributed by atoms with E-state index in [2.05, 4.69) is 10.6 Å². The van der Waals surface area contributed by atoms with Crippen molar-refractivity contribution >= 4 is 35.2 Å². The van der Waals surface area contributed by atoms with Gasteiger partial charge in [-0.3, -0.25) is 9.59 Å². The van der Waals surface area contributed by atoms with E-state index in [4.69, 9.17) is 11.6 Å². The second-order valence-electron chi connectivity index (χ2n) is 5.90. The molecule has 1 atom stereocenters. The lowest BCUT2D eigenvalue weighted by Gasteiger charge is -2.18. The molecular formula is C20H23ClN2O2S. The number of carbonyl (C=O) groups excluding carboxylic acids is 2. The standard InChI is InChI=1S/C20H23ClN2O2S/c1-15(24)23-19(17-5-3-2-4-6-17)13-20(25)22-11-12-26-14-16-7-9-18(21)10-8-16/h2-10,19H,11-14H2,1H3,(H,22,25)(H,23,24)/t19-/m0/s1. The zero-order chi connectivity index (χ0) is 18.8. The second-order valence-corrected chi connectivity index (χ2v) is 7.44. The van der Waals surface area contributed by atoms with Crippen molar-refractivity contribution < 1.29 is 9.59 Å². The summed E-state index contributed by atoms with van der Waals surface area (Å²) in [5.74, 6) is 1.49. The predicted octanol–water partition coefficient (Wildman–Crippen LogP) is 3.96. The van der Waals surface area contributed by atoms with E-state index in [-0.39, 0.29) is 24.3 Å². The molecule has 0 saturated carbocycles. The second kappa shape index (κ2) is 10.9. The molecule has 138 valence electrons. The third-order valence-corrected chi connectivity index (χ3v) is 5.00. The molecule has 2 aromatic carbocycles. The van der Waals surface area contributed by atoms with Crippen LogP contribution in [0.2, 0.25) is 5.02 Å². The first-order valence-electron chi connectivity index (χ1n) is 8.45. The number of amides is 2. The Morgan fingerprint density at radius 3 is 2.42 bits per heavy atom. The average molecular weight is 391 g/mol. The highest BCUT2D eigenvalue weighted by molar-refractivity contribution is 7.98. The summed E-state index contributed by atoms with van der Waals surface area (Å²) in [5.41, 5.74) is 2.13. The Balaban J connectivity index is 1.72. The lowest BCUT2D eigenvalue weighted by atomic mass is 10.0. The van der Waals surface area contributed by atoms with Crippen LogP contribution in [-0.4, -0.2) is 24.1 Å². The zero-order valence-corrected chi connectivity index (χ0v) is 16.3. The van der Waals surface area contributed by atoms with Gasteiger partial charge in [-0.25, -0.2) is 0 Å². The minimum absolute atomic E-state index is 0.0697. The number of hydrogen-bond donors (Lipinski definition) is 2. The summed E-state index contributed by atoms with van der Waals surface area (Å²) in [5, 5.41) is 6.49. The summed E-state index contributed by atoms with van der Waals surface area (Å²) in [6.45, 7) is 2.06. The van der Waals surface area contributed by atoms with Crippen molar-refractivity contribution in [2.75, 3.05) is 12.3 Å². The maximum Gasteiger partial charge on any atom is 0.222 e. The minimum Gasteiger partial charge on any atom is -0.355 e. The van der Waals surface area contributed by atoms with Crippen LogP contribution in [0.1, 0.15) is 30.5 Å².